The highest BCUT2D eigenvalue weighted by atomic mass is 127. The van der Waals surface area contributed by atoms with Crippen LogP contribution in [0.4, 0.5) is 8.78 Å². The Balaban J connectivity index is 2.28. The van der Waals surface area contributed by atoms with Crippen LogP contribution in [0.1, 0.15) is 15.9 Å². The van der Waals surface area contributed by atoms with Crippen LogP contribution in [0, 0.1) is 15.2 Å². The molecule has 0 aliphatic heterocycles. The zero-order chi connectivity index (χ0) is 14.0. The minimum atomic E-state index is -0.404. The smallest absolute Gasteiger partial charge is 0.168 e. The highest BCUT2D eigenvalue weighted by Crippen LogP contribution is 2.23. The van der Waals surface area contributed by atoms with Gasteiger partial charge in [-0.2, -0.15) is 0 Å². The van der Waals surface area contributed by atoms with Crippen LogP contribution in [-0.4, -0.2) is 5.78 Å². The predicted octanol–water partition coefficient (Wildman–Crippen LogP) is 4.76. The summed E-state index contributed by atoms with van der Waals surface area (Å²) in [5.74, 6) is -0.956. The van der Waals surface area contributed by atoms with Gasteiger partial charge >= 0.3 is 0 Å². The van der Waals surface area contributed by atoms with E-state index in [1.54, 1.807) is 12.1 Å². The topological polar surface area (TPSA) is 17.1 Å². The van der Waals surface area contributed by atoms with Crippen molar-refractivity contribution in [3.05, 3.63) is 67.2 Å². The summed E-state index contributed by atoms with van der Waals surface area (Å²) < 4.78 is 27.2. The maximum absolute atomic E-state index is 13.4. The van der Waals surface area contributed by atoms with Crippen molar-refractivity contribution in [3.8, 4) is 0 Å². The Labute approximate surface area is 131 Å². The molecule has 0 heterocycles. The van der Waals surface area contributed by atoms with E-state index in [9.17, 15) is 13.6 Å². The fourth-order valence-electron chi connectivity index (χ4n) is 1.67. The van der Waals surface area contributed by atoms with E-state index in [0.717, 1.165) is 0 Å². The quantitative estimate of drug-likeness (QED) is 0.501. The van der Waals surface area contributed by atoms with Crippen LogP contribution in [0.15, 0.2) is 40.9 Å². The Morgan fingerprint density at radius 2 is 1.95 bits per heavy atom. The predicted molar refractivity (Wildman–Crippen MR) is 81.3 cm³/mol. The number of benzene rings is 2. The van der Waals surface area contributed by atoms with Crippen molar-refractivity contribution in [1.82, 2.24) is 0 Å². The van der Waals surface area contributed by atoms with Crippen molar-refractivity contribution in [3.63, 3.8) is 0 Å². The van der Waals surface area contributed by atoms with Crippen molar-refractivity contribution in [1.29, 1.82) is 0 Å². The van der Waals surface area contributed by atoms with E-state index < -0.39 is 5.82 Å². The number of hydrogen-bond donors (Lipinski definition) is 0. The number of Topliss-reactive ketones (excluding diaryl/α,β-unsaturated/α-hetero) is 1. The Kier molecular flexibility index (Phi) is 4.67. The monoisotopic (exact) mass is 436 g/mol. The number of halogens is 4. The molecule has 2 aromatic rings. The molecule has 0 fully saturated rings. The fraction of sp³-hybridized carbons (Fsp3) is 0.0714. The van der Waals surface area contributed by atoms with Gasteiger partial charge < -0.3 is 0 Å². The van der Waals surface area contributed by atoms with Crippen molar-refractivity contribution in [2.24, 2.45) is 0 Å². The summed E-state index contributed by atoms with van der Waals surface area (Å²) in [5.41, 5.74) is 1.02. The van der Waals surface area contributed by atoms with Crippen molar-refractivity contribution >= 4 is 44.3 Å². The molecule has 0 unspecified atom stereocenters. The molecule has 0 spiro atoms. The Morgan fingerprint density at radius 3 is 2.63 bits per heavy atom. The molecule has 2 aromatic carbocycles. The van der Waals surface area contributed by atoms with Gasteiger partial charge in [0.05, 0.1) is 4.47 Å². The second-order valence-corrected chi connectivity index (χ2v) is 5.89. The first-order chi connectivity index (χ1) is 8.99. The summed E-state index contributed by atoms with van der Waals surface area (Å²) in [6, 6.07) is 8.55. The van der Waals surface area contributed by atoms with Gasteiger partial charge in [0.2, 0.25) is 0 Å². The van der Waals surface area contributed by atoms with Gasteiger partial charge in [0.1, 0.15) is 11.6 Å². The minimum Gasteiger partial charge on any atom is -0.294 e. The van der Waals surface area contributed by atoms with E-state index in [1.165, 1.54) is 24.3 Å². The van der Waals surface area contributed by atoms with E-state index in [-0.39, 0.29) is 18.0 Å². The molecule has 0 aliphatic carbocycles. The first-order valence-corrected chi connectivity index (χ1v) is 7.27. The molecule has 5 heteroatoms. The van der Waals surface area contributed by atoms with Gasteiger partial charge in [-0.25, -0.2) is 8.78 Å². The maximum atomic E-state index is 13.4. The number of carbonyl (C=O) groups is 1. The molecule has 0 saturated carbocycles. The number of ketones is 1. The summed E-state index contributed by atoms with van der Waals surface area (Å²) in [6.07, 6.45) is 0.0694. The lowest BCUT2D eigenvalue weighted by atomic mass is 10.0. The Hall–Kier alpha value is -0.820. The van der Waals surface area contributed by atoms with Crippen LogP contribution < -0.4 is 0 Å². The second kappa shape index (κ2) is 6.09. The van der Waals surface area contributed by atoms with Gasteiger partial charge in [-0.05, 0) is 68.3 Å². The SMILES string of the molecule is O=C(Cc1cccc(F)c1Br)c1ccc(F)cc1I. The highest BCUT2D eigenvalue weighted by molar-refractivity contribution is 14.1. The van der Waals surface area contributed by atoms with E-state index in [2.05, 4.69) is 15.9 Å². The molecule has 0 bridgehead atoms. The molecule has 2 rings (SSSR count). The third-order valence-electron chi connectivity index (χ3n) is 2.61. The van der Waals surface area contributed by atoms with E-state index in [1.807, 2.05) is 22.6 Å². The molecule has 0 atom stereocenters. The van der Waals surface area contributed by atoms with Gasteiger partial charge in [0, 0.05) is 15.6 Å². The standard InChI is InChI=1S/C14H8BrF2IO/c15-14-8(2-1-3-11(14)17)6-13(19)10-5-4-9(16)7-12(10)18/h1-5,7H,6H2. The molecular weight excluding hydrogens is 429 g/mol. The molecule has 19 heavy (non-hydrogen) atoms. The molecule has 0 amide bonds. The lowest BCUT2D eigenvalue weighted by Crippen LogP contribution is -2.07. The van der Waals surface area contributed by atoms with Crippen LogP contribution in [0.25, 0.3) is 0 Å². The summed E-state index contributed by atoms with van der Waals surface area (Å²) in [7, 11) is 0. The summed E-state index contributed by atoms with van der Waals surface area (Å²) in [4.78, 5) is 12.1. The van der Waals surface area contributed by atoms with Gasteiger partial charge in [0.15, 0.2) is 5.78 Å². The summed E-state index contributed by atoms with van der Waals surface area (Å²) in [5, 5.41) is 0. The van der Waals surface area contributed by atoms with Gasteiger partial charge in [-0.1, -0.05) is 12.1 Å². The maximum Gasteiger partial charge on any atom is 0.168 e. The zero-order valence-corrected chi connectivity index (χ0v) is 13.3. The molecule has 0 saturated heterocycles. The van der Waals surface area contributed by atoms with Crippen LogP contribution in [0.3, 0.4) is 0 Å². The molecule has 98 valence electrons. The van der Waals surface area contributed by atoms with E-state index >= 15 is 0 Å². The fourth-order valence-corrected chi connectivity index (χ4v) is 2.85. The first-order valence-electron chi connectivity index (χ1n) is 5.40. The summed E-state index contributed by atoms with van der Waals surface area (Å²) >= 11 is 5.03. The van der Waals surface area contributed by atoms with Gasteiger partial charge in [-0.15, -0.1) is 0 Å². The normalized spacial score (nSPS) is 10.5. The summed E-state index contributed by atoms with van der Waals surface area (Å²) in [6.45, 7) is 0. The molecule has 1 nitrogen and oxygen atoms in total. The third kappa shape index (κ3) is 3.39. The van der Waals surface area contributed by atoms with Crippen LogP contribution in [0.5, 0.6) is 0 Å². The van der Waals surface area contributed by atoms with Crippen molar-refractivity contribution < 1.29 is 13.6 Å². The molecular formula is C14H8BrF2IO. The van der Waals surface area contributed by atoms with Crippen LogP contribution in [0.2, 0.25) is 0 Å². The first kappa shape index (κ1) is 14.6. The zero-order valence-electron chi connectivity index (χ0n) is 9.59. The average molecular weight is 437 g/mol. The minimum absolute atomic E-state index is 0.0694. The van der Waals surface area contributed by atoms with Crippen LogP contribution >= 0.6 is 38.5 Å². The van der Waals surface area contributed by atoms with Crippen molar-refractivity contribution in [2.75, 3.05) is 0 Å². The number of rotatable bonds is 3. The molecule has 0 aliphatic rings. The third-order valence-corrected chi connectivity index (χ3v) is 4.39. The average Bonchev–Trinajstić information content (AvgIpc) is 2.34. The number of hydrogen-bond acceptors (Lipinski definition) is 1. The molecule has 0 aromatic heterocycles. The molecule has 0 radical (unpaired) electrons. The lowest BCUT2D eigenvalue weighted by molar-refractivity contribution is 0.0992. The van der Waals surface area contributed by atoms with E-state index in [4.69, 9.17) is 0 Å². The lowest BCUT2D eigenvalue weighted by Gasteiger charge is -2.06. The highest BCUT2D eigenvalue weighted by Gasteiger charge is 2.14. The molecule has 0 N–H and O–H groups in total. The number of carbonyl (C=O) groups excluding carboxylic acids is 1. The van der Waals surface area contributed by atoms with Gasteiger partial charge in [-0.3, -0.25) is 4.79 Å². The van der Waals surface area contributed by atoms with Crippen LogP contribution in [-0.2, 0) is 6.42 Å². The van der Waals surface area contributed by atoms with Crippen molar-refractivity contribution in [2.45, 2.75) is 6.42 Å². The Morgan fingerprint density at radius 1 is 1.21 bits per heavy atom. The second-order valence-electron chi connectivity index (χ2n) is 3.94. The van der Waals surface area contributed by atoms with E-state index in [0.29, 0.717) is 19.2 Å². The largest absolute Gasteiger partial charge is 0.294 e. The van der Waals surface area contributed by atoms with Gasteiger partial charge in [0.25, 0.3) is 0 Å². The Bertz CT molecular complexity index is 643.